The van der Waals surface area contributed by atoms with Gasteiger partial charge in [0.15, 0.2) is 0 Å². The molecule has 0 spiro atoms. The van der Waals surface area contributed by atoms with Crippen molar-refractivity contribution in [1.82, 2.24) is 9.44 Å². The maximum absolute atomic E-state index is 12.0. The molecule has 0 aliphatic rings. The van der Waals surface area contributed by atoms with Crippen LogP contribution < -0.4 is 14.8 Å². The highest BCUT2D eigenvalue weighted by Crippen LogP contribution is 2.13. The van der Waals surface area contributed by atoms with Crippen LogP contribution in [0.25, 0.3) is 0 Å². The maximum Gasteiger partial charge on any atom is 0.240 e. The van der Waals surface area contributed by atoms with Crippen LogP contribution in [0, 0.1) is 0 Å². The molecular weight excluding hydrogens is 314 g/mol. The molecule has 0 aromatic heterocycles. The minimum absolute atomic E-state index is 0.00814. The zero-order valence-electron chi connectivity index (χ0n) is 12.1. The van der Waals surface area contributed by atoms with E-state index >= 15 is 0 Å². The number of anilines is 1. The standard InChI is InChI=1S/C12H21N3O4S2/c1-3-8-13-11-4-6-12(7-5-11)21(18,19)15-10-9-14-20(2,16)17/h4-7,13-15H,3,8-10H2,1-2H3. The Kier molecular flexibility index (Phi) is 6.59. The van der Waals surface area contributed by atoms with Crippen LogP contribution >= 0.6 is 0 Å². The van der Waals surface area contributed by atoms with Gasteiger partial charge in [0, 0.05) is 25.3 Å². The summed E-state index contributed by atoms with van der Waals surface area (Å²) in [5.41, 5.74) is 0.856. The highest BCUT2D eigenvalue weighted by atomic mass is 32.2. The first kappa shape index (κ1) is 17.9. The predicted molar refractivity (Wildman–Crippen MR) is 83.3 cm³/mol. The zero-order chi connectivity index (χ0) is 15.9. The van der Waals surface area contributed by atoms with E-state index in [0.29, 0.717) is 0 Å². The molecule has 0 heterocycles. The minimum Gasteiger partial charge on any atom is -0.385 e. The normalized spacial score (nSPS) is 12.3. The largest absolute Gasteiger partial charge is 0.385 e. The first-order valence-electron chi connectivity index (χ1n) is 6.53. The molecule has 3 N–H and O–H groups in total. The molecule has 7 nitrogen and oxygen atoms in total. The van der Waals surface area contributed by atoms with Crippen molar-refractivity contribution in [2.24, 2.45) is 0 Å². The van der Waals surface area contributed by atoms with Crippen molar-refractivity contribution in [3.8, 4) is 0 Å². The molecule has 21 heavy (non-hydrogen) atoms. The third-order valence-corrected chi connectivity index (χ3v) is 4.73. The zero-order valence-corrected chi connectivity index (χ0v) is 13.7. The van der Waals surface area contributed by atoms with Crippen LogP contribution in [-0.4, -0.2) is 42.7 Å². The summed E-state index contributed by atoms with van der Waals surface area (Å²) < 4.78 is 50.2. The first-order valence-corrected chi connectivity index (χ1v) is 9.90. The summed E-state index contributed by atoms with van der Waals surface area (Å²) in [4.78, 5) is 0.143. The number of benzene rings is 1. The minimum atomic E-state index is -3.63. The van der Waals surface area contributed by atoms with Crippen molar-refractivity contribution in [3.63, 3.8) is 0 Å². The van der Waals surface area contributed by atoms with Crippen LogP contribution in [0.1, 0.15) is 13.3 Å². The van der Waals surface area contributed by atoms with E-state index < -0.39 is 20.0 Å². The lowest BCUT2D eigenvalue weighted by molar-refractivity contribution is 0.573. The lowest BCUT2D eigenvalue weighted by atomic mass is 10.3. The van der Waals surface area contributed by atoms with Crippen LogP contribution in [0.15, 0.2) is 29.2 Å². The molecule has 0 amide bonds. The monoisotopic (exact) mass is 335 g/mol. The Balaban J connectivity index is 2.57. The van der Waals surface area contributed by atoms with Crippen LogP contribution in [0.5, 0.6) is 0 Å². The van der Waals surface area contributed by atoms with Crippen molar-refractivity contribution in [3.05, 3.63) is 24.3 Å². The summed E-state index contributed by atoms with van der Waals surface area (Å²) in [5, 5.41) is 3.15. The summed E-state index contributed by atoms with van der Waals surface area (Å²) in [6.07, 6.45) is 2.00. The molecular formula is C12H21N3O4S2. The smallest absolute Gasteiger partial charge is 0.240 e. The van der Waals surface area contributed by atoms with Crippen molar-refractivity contribution in [2.45, 2.75) is 18.2 Å². The van der Waals surface area contributed by atoms with Gasteiger partial charge in [-0.3, -0.25) is 0 Å². The van der Waals surface area contributed by atoms with Crippen LogP contribution in [-0.2, 0) is 20.0 Å². The molecule has 0 saturated carbocycles. The van der Waals surface area contributed by atoms with Crippen molar-refractivity contribution < 1.29 is 16.8 Å². The second kappa shape index (κ2) is 7.74. The van der Waals surface area contributed by atoms with Crippen LogP contribution in [0.2, 0.25) is 0 Å². The molecule has 9 heteroatoms. The summed E-state index contributed by atoms with van der Waals surface area (Å²) >= 11 is 0. The molecule has 0 unspecified atom stereocenters. The van der Waals surface area contributed by atoms with Gasteiger partial charge in [0.05, 0.1) is 11.2 Å². The molecule has 0 aliphatic carbocycles. The third-order valence-electron chi connectivity index (χ3n) is 2.53. The van der Waals surface area contributed by atoms with Gasteiger partial charge in [0.25, 0.3) is 0 Å². The van der Waals surface area contributed by atoms with Gasteiger partial charge in [-0.25, -0.2) is 26.3 Å². The van der Waals surface area contributed by atoms with Crippen LogP contribution in [0.3, 0.4) is 0 Å². The third kappa shape index (κ3) is 6.89. The molecule has 1 aromatic rings. The Bertz CT molecular complexity index is 640. The van der Waals surface area contributed by atoms with E-state index in [1.54, 1.807) is 12.1 Å². The Hall–Kier alpha value is -1.16. The average molecular weight is 335 g/mol. The number of nitrogens with one attached hydrogen (secondary N) is 3. The molecule has 0 radical (unpaired) electrons. The molecule has 120 valence electrons. The maximum atomic E-state index is 12.0. The van der Waals surface area contributed by atoms with E-state index in [1.807, 2.05) is 6.92 Å². The van der Waals surface area contributed by atoms with Crippen LogP contribution in [0.4, 0.5) is 5.69 Å². The SMILES string of the molecule is CCCNc1ccc(S(=O)(=O)NCCNS(C)(=O)=O)cc1. The fraction of sp³-hybridized carbons (Fsp3) is 0.500. The Morgan fingerprint density at radius 1 is 0.905 bits per heavy atom. The van der Waals surface area contributed by atoms with E-state index in [9.17, 15) is 16.8 Å². The molecule has 1 rings (SSSR count). The number of hydrogen-bond donors (Lipinski definition) is 3. The topological polar surface area (TPSA) is 104 Å². The number of sulfonamides is 2. The fourth-order valence-electron chi connectivity index (χ4n) is 1.53. The summed E-state index contributed by atoms with van der Waals surface area (Å²) in [6, 6.07) is 6.40. The van der Waals surface area contributed by atoms with Gasteiger partial charge < -0.3 is 5.32 Å². The lowest BCUT2D eigenvalue weighted by Gasteiger charge is -2.09. The molecule has 1 aromatic carbocycles. The van der Waals surface area contributed by atoms with E-state index in [-0.39, 0.29) is 18.0 Å². The first-order chi connectivity index (χ1) is 9.74. The highest BCUT2D eigenvalue weighted by Gasteiger charge is 2.13. The van der Waals surface area contributed by atoms with Gasteiger partial charge >= 0.3 is 0 Å². The van der Waals surface area contributed by atoms with Gasteiger partial charge in [0.2, 0.25) is 20.0 Å². The molecule has 0 saturated heterocycles. The van der Waals surface area contributed by atoms with E-state index in [1.165, 1.54) is 12.1 Å². The van der Waals surface area contributed by atoms with Crippen molar-refractivity contribution >= 4 is 25.7 Å². The second-order valence-corrected chi connectivity index (χ2v) is 8.12. The fourth-order valence-corrected chi connectivity index (χ4v) is 3.03. The lowest BCUT2D eigenvalue weighted by Crippen LogP contribution is -2.34. The van der Waals surface area contributed by atoms with Crippen molar-refractivity contribution in [2.75, 3.05) is 31.2 Å². The van der Waals surface area contributed by atoms with Gasteiger partial charge in [-0.1, -0.05) is 6.92 Å². The average Bonchev–Trinajstić information content (AvgIpc) is 2.41. The Morgan fingerprint density at radius 2 is 1.48 bits per heavy atom. The predicted octanol–water partition coefficient (Wildman–Crippen LogP) is 0.336. The van der Waals surface area contributed by atoms with Gasteiger partial charge in [0.1, 0.15) is 0 Å². The second-order valence-electron chi connectivity index (χ2n) is 4.52. The van der Waals surface area contributed by atoms with E-state index in [2.05, 4.69) is 14.8 Å². The highest BCUT2D eigenvalue weighted by molar-refractivity contribution is 7.89. The van der Waals surface area contributed by atoms with Crippen molar-refractivity contribution in [1.29, 1.82) is 0 Å². The Labute approximate surface area is 126 Å². The Morgan fingerprint density at radius 3 is 2.00 bits per heavy atom. The molecule has 0 fully saturated rings. The number of hydrogen-bond acceptors (Lipinski definition) is 5. The van der Waals surface area contributed by atoms with E-state index in [4.69, 9.17) is 0 Å². The summed E-state index contributed by atoms with van der Waals surface area (Å²) in [5.74, 6) is 0. The number of rotatable bonds is 9. The van der Waals surface area contributed by atoms with E-state index in [0.717, 1.165) is 24.9 Å². The summed E-state index contributed by atoms with van der Waals surface area (Å²) in [7, 11) is -6.94. The molecule has 0 aliphatic heterocycles. The van der Waals surface area contributed by atoms with Gasteiger partial charge in [-0.05, 0) is 30.7 Å². The quantitative estimate of drug-likeness (QED) is 0.564. The van der Waals surface area contributed by atoms with Gasteiger partial charge in [-0.15, -0.1) is 0 Å². The molecule has 0 bridgehead atoms. The summed E-state index contributed by atoms with van der Waals surface area (Å²) in [6.45, 7) is 2.86. The van der Waals surface area contributed by atoms with Gasteiger partial charge in [-0.2, -0.15) is 0 Å². The molecule has 0 atom stereocenters.